The van der Waals surface area contributed by atoms with Crippen LogP contribution in [0.2, 0.25) is 4.82 Å². The first-order valence-corrected chi connectivity index (χ1v) is 6.10. The summed E-state index contributed by atoms with van der Waals surface area (Å²) in [5.74, 6) is -2.11. The Kier molecular flexibility index (Phi) is 4.34. The molecule has 0 saturated carbocycles. The minimum atomic E-state index is -1.07. The third-order valence-corrected chi connectivity index (χ3v) is 4.17. The van der Waals surface area contributed by atoms with E-state index in [1.54, 1.807) is 0 Å². The molecule has 0 spiro atoms. The van der Waals surface area contributed by atoms with Gasteiger partial charge < -0.3 is 0 Å². The SMILES string of the molecule is O=C(O)CC([Se]c1ccccc1)C(=O)O. The Morgan fingerprint density at radius 1 is 1.20 bits per heavy atom. The third-order valence-electron chi connectivity index (χ3n) is 1.66. The summed E-state index contributed by atoms with van der Waals surface area (Å²) in [5.41, 5.74) is 0. The quantitative estimate of drug-likeness (QED) is 0.760. The second-order valence-electron chi connectivity index (χ2n) is 2.86. The van der Waals surface area contributed by atoms with Crippen LogP contribution in [0.15, 0.2) is 30.3 Å². The van der Waals surface area contributed by atoms with Crippen molar-refractivity contribution < 1.29 is 19.8 Å². The van der Waals surface area contributed by atoms with E-state index >= 15 is 0 Å². The Hall–Kier alpha value is -1.32. The van der Waals surface area contributed by atoms with Gasteiger partial charge in [-0.25, -0.2) is 0 Å². The molecule has 2 N–H and O–H groups in total. The first kappa shape index (κ1) is 11.8. The first-order valence-electron chi connectivity index (χ1n) is 4.26. The van der Waals surface area contributed by atoms with Gasteiger partial charge in [-0.05, 0) is 0 Å². The molecule has 1 aromatic rings. The fourth-order valence-corrected chi connectivity index (χ4v) is 3.04. The normalized spacial score (nSPS) is 12.0. The van der Waals surface area contributed by atoms with Crippen molar-refractivity contribution in [1.82, 2.24) is 0 Å². The molecule has 1 aromatic carbocycles. The molecule has 0 aromatic heterocycles. The molecule has 0 aliphatic heterocycles. The van der Waals surface area contributed by atoms with Crippen molar-refractivity contribution in [3.05, 3.63) is 30.3 Å². The van der Waals surface area contributed by atoms with Gasteiger partial charge in [0.2, 0.25) is 0 Å². The summed E-state index contributed by atoms with van der Waals surface area (Å²) in [6, 6.07) is 9.11. The van der Waals surface area contributed by atoms with Crippen LogP contribution >= 0.6 is 0 Å². The van der Waals surface area contributed by atoms with Crippen LogP contribution in [0.25, 0.3) is 0 Å². The molecule has 1 unspecified atom stereocenters. The van der Waals surface area contributed by atoms with E-state index < -0.39 is 16.8 Å². The van der Waals surface area contributed by atoms with Crippen molar-refractivity contribution in [2.75, 3.05) is 0 Å². The van der Waals surface area contributed by atoms with Gasteiger partial charge in [0.15, 0.2) is 0 Å². The van der Waals surface area contributed by atoms with Crippen LogP contribution in [0, 0.1) is 0 Å². The topological polar surface area (TPSA) is 74.6 Å². The van der Waals surface area contributed by atoms with Crippen molar-refractivity contribution >= 4 is 31.4 Å². The molecule has 5 heteroatoms. The zero-order valence-electron chi connectivity index (χ0n) is 7.79. The van der Waals surface area contributed by atoms with Gasteiger partial charge in [0.05, 0.1) is 0 Å². The maximum atomic E-state index is 10.8. The van der Waals surface area contributed by atoms with Crippen molar-refractivity contribution in [1.29, 1.82) is 0 Å². The molecule has 1 atom stereocenters. The number of rotatable bonds is 5. The van der Waals surface area contributed by atoms with E-state index in [9.17, 15) is 9.59 Å². The number of hydrogen-bond acceptors (Lipinski definition) is 2. The summed E-state index contributed by atoms with van der Waals surface area (Å²) in [5, 5.41) is 17.4. The fourth-order valence-electron chi connectivity index (χ4n) is 1.00. The van der Waals surface area contributed by atoms with Crippen molar-refractivity contribution in [3.8, 4) is 0 Å². The van der Waals surface area contributed by atoms with E-state index in [0.717, 1.165) is 4.46 Å². The fraction of sp³-hybridized carbons (Fsp3) is 0.200. The van der Waals surface area contributed by atoms with Gasteiger partial charge in [0.25, 0.3) is 0 Å². The number of carboxylic acids is 2. The molecule has 0 bridgehead atoms. The second kappa shape index (κ2) is 5.53. The molecule has 80 valence electrons. The Labute approximate surface area is 93.1 Å². The van der Waals surface area contributed by atoms with Gasteiger partial charge in [-0.2, -0.15) is 0 Å². The summed E-state index contributed by atoms with van der Waals surface area (Å²) in [6.07, 6.45) is -0.315. The Bertz CT molecular complexity index is 350. The number of hydrogen-bond donors (Lipinski definition) is 2. The number of carboxylic acid groups (broad SMARTS) is 2. The van der Waals surface area contributed by atoms with E-state index in [-0.39, 0.29) is 21.4 Å². The third kappa shape index (κ3) is 4.14. The molecule has 15 heavy (non-hydrogen) atoms. The summed E-state index contributed by atoms with van der Waals surface area (Å²) in [7, 11) is 0. The molecule has 0 aliphatic carbocycles. The molecule has 4 nitrogen and oxygen atoms in total. The van der Waals surface area contributed by atoms with E-state index in [4.69, 9.17) is 10.2 Å². The van der Waals surface area contributed by atoms with E-state index in [1.807, 2.05) is 30.3 Å². The van der Waals surface area contributed by atoms with E-state index in [2.05, 4.69) is 0 Å². The van der Waals surface area contributed by atoms with Crippen molar-refractivity contribution in [2.45, 2.75) is 11.2 Å². The Balaban J connectivity index is 2.67. The number of carbonyl (C=O) groups is 2. The summed E-state index contributed by atoms with van der Waals surface area (Å²) >= 11 is -0.342. The second-order valence-corrected chi connectivity index (χ2v) is 5.53. The van der Waals surface area contributed by atoms with Gasteiger partial charge in [-0.3, -0.25) is 0 Å². The summed E-state index contributed by atoms with van der Waals surface area (Å²) in [6.45, 7) is 0. The average Bonchev–Trinajstić information content (AvgIpc) is 2.17. The molecule has 0 aliphatic rings. The zero-order chi connectivity index (χ0) is 11.3. The molecule has 0 fully saturated rings. The zero-order valence-corrected chi connectivity index (χ0v) is 9.50. The average molecular weight is 273 g/mol. The van der Waals surface area contributed by atoms with Crippen LogP contribution in [0.3, 0.4) is 0 Å². The molecule has 0 heterocycles. The molecule has 0 amide bonds. The Morgan fingerprint density at radius 3 is 2.27 bits per heavy atom. The van der Waals surface area contributed by atoms with Crippen LogP contribution in [-0.2, 0) is 9.59 Å². The molecule has 0 radical (unpaired) electrons. The molecule has 0 saturated heterocycles. The van der Waals surface area contributed by atoms with Crippen LogP contribution < -0.4 is 4.46 Å². The van der Waals surface area contributed by atoms with Crippen molar-refractivity contribution in [2.24, 2.45) is 0 Å². The van der Waals surface area contributed by atoms with Crippen LogP contribution in [0.4, 0.5) is 0 Å². The number of benzene rings is 1. The van der Waals surface area contributed by atoms with Crippen LogP contribution in [0.5, 0.6) is 0 Å². The summed E-state index contributed by atoms with van der Waals surface area (Å²) < 4.78 is 0.902. The van der Waals surface area contributed by atoms with Gasteiger partial charge in [-0.15, -0.1) is 0 Å². The maximum absolute atomic E-state index is 10.8. The van der Waals surface area contributed by atoms with Crippen LogP contribution in [-0.4, -0.2) is 37.1 Å². The first-order chi connectivity index (χ1) is 7.09. The van der Waals surface area contributed by atoms with Gasteiger partial charge in [0.1, 0.15) is 0 Å². The molecular formula is C10H10O4Se. The van der Waals surface area contributed by atoms with E-state index in [1.165, 1.54) is 0 Å². The van der Waals surface area contributed by atoms with Gasteiger partial charge in [0, 0.05) is 0 Å². The van der Waals surface area contributed by atoms with Crippen molar-refractivity contribution in [3.63, 3.8) is 0 Å². The van der Waals surface area contributed by atoms with Gasteiger partial charge in [-0.1, -0.05) is 0 Å². The monoisotopic (exact) mass is 274 g/mol. The Morgan fingerprint density at radius 2 is 1.80 bits per heavy atom. The summed E-state index contributed by atoms with van der Waals surface area (Å²) in [4.78, 5) is 20.4. The molecule has 1 rings (SSSR count). The predicted octanol–water partition coefficient (Wildman–Crippen LogP) is 0.364. The van der Waals surface area contributed by atoms with E-state index in [0.29, 0.717) is 0 Å². The standard InChI is InChI=1S/C10H10O4Se/c11-9(12)6-8(10(13)14)15-7-4-2-1-3-5-7/h1-5,8H,6H2,(H,11,12)(H,13,14). The minimum absolute atomic E-state index is 0.315. The van der Waals surface area contributed by atoms with Crippen LogP contribution in [0.1, 0.15) is 6.42 Å². The van der Waals surface area contributed by atoms with Gasteiger partial charge >= 0.3 is 92.7 Å². The molecular weight excluding hydrogens is 263 g/mol. The number of aliphatic carboxylic acids is 2. The predicted molar refractivity (Wildman–Crippen MR) is 55.5 cm³/mol.